The van der Waals surface area contributed by atoms with Gasteiger partial charge in [-0.1, -0.05) is 157 Å². The van der Waals surface area contributed by atoms with Crippen LogP contribution >= 0.6 is 22.7 Å². The summed E-state index contributed by atoms with van der Waals surface area (Å²) in [6.07, 6.45) is 14.9. The molecule has 16 aromatic rings. The van der Waals surface area contributed by atoms with E-state index in [0.717, 1.165) is 100 Å². The molecule has 0 aliphatic carbocycles. The first-order valence-corrected chi connectivity index (χ1v) is 40.1. The van der Waals surface area contributed by atoms with E-state index in [9.17, 15) is 0 Å². The molecule has 0 radical (unpaired) electrons. The Balaban J connectivity index is 0. The number of nitrogens with zero attached hydrogens (tertiary/aromatic N) is 16. The minimum Gasteiger partial charge on any atom is -0.441 e. The van der Waals surface area contributed by atoms with Gasteiger partial charge in [0.1, 0.15) is 28.3 Å². The summed E-state index contributed by atoms with van der Waals surface area (Å²) in [7, 11) is 4.02. The van der Waals surface area contributed by atoms with Gasteiger partial charge >= 0.3 is 0 Å². The highest BCUT2D eigenvalue weighted by Gasteiger charge is 2.07. The molecule has 13 heterocycles. The van der Waals surface area contributed by atoms with Crippen molar-refractivity contribution in [2.24, 2.45) is 14.1 Å². The second-order valence-corrected chi connectivity index (χ2v) is 23.8. The minimum atomic E-state index is 0.665. The molecule has 0 atom stereocenters. The average Bonchev–Trinajstić information content (AvgIpc) is 1.67. The molecule has 0 saturated heterocycles. The van der Waals surface area contributed by atoms with E-state index in [1.807, 2.05) is 316 Å². The van der Waals surface area contributed by atoms with E-state index in [4.69, 9.17) is 8.83 Å². The summed E-state index contributed by atoms with van der Waals surface area (Å²) in [4.78, 5) is 50.8. The fraction of sp³-hybridized carbons (Fsp3) is 0.409. The highest BCUT2D eigenvalue weighted by atomic mass is 32.1. The quantitative estimate of drug-likeness (QED) is 0.139. The number of aromatic nitrogens is 16. The maximum Gasteiger partial charge on any atom is 0.233 e. The fourth-order valence-electron chi connectivity index (χ4n) is 8.96. The third-order valence-electron chi connectivity index (χ3n) is 13.6. The molecular formula is C88H132N16O2S2. The predicted octanol–water partition coefficient (Wildman–Crippen LogP) is 26.2. The molecule has 16 rings (SSSR count). The van der Waals surface area contributed by atoms with Gasteiger partial charge in [0.2, 0.25) is 5.78 Å². The average molecular weight is 1510 g/mol. The number of fused-ring (bicyclic) bond motifs is 8. The molecule has 20 heteroatoms. The molecule has 0 amide bonds. The molecule has 18 nitrogen and oxygen atoms in total. The summed E-state index contributed by atoms with van der Waals surface area (Å²) in [5.74, 6) is 4.22. The number of hydrogen-bond acceptors (Lipinski definition) is 16. The first-order valence-electron chi connectivity index (χ1n) is 38.5. The van der Waals surface area contributed by atoms with Gasteiger partial charge in [-0.3, -0.25) is 4.40 Å². The third kappa shape index (κ3) is 33.1. The Morgan fingerprint density at radius 3 is 1.44 bits per heavy atom. The van der Waals surface area contributed by atoms with Gasteiger partial charge in [-0.25, -0.2) is 54.8 Å². The van der Waals surface area contributed by atoms with Gasteiger partial charge in [0.25, 0.3) is 0 Å². The van der Waals surface area contributed by atoms with Crippen LogP contribution in [0.1, 0.15) is 217 Å². The second kappa shape index (κ2) is 56.4. The van der Waals surface area contributed by atoms with Crippen LogP contribution in [0.3, 0.4) is 0 Å². The molecule has 0 aliphatic rings. The SMILES string of the molecule is CC.CC.CC.CC.CC.CC.CC.CC.CC.CC.Cc1ccc2c(c1)nc(C)n2C.Cc1ccc2nc(C)n(C)c2n1.Cc1ccc2nc(C)sc2c1.Cc1ccc2oc(C)nc2c1.Cc1ccn2ccnc2c1.Cc1ccn2ccnc2n1.Cc1cnc2nc(C)oc2c1.Cc1cnc2nc(C)sc2c1. The Morgan fingerprint density at radius 1 is 0.315 bits per heavy atom. The van der Waals surface area contributed by atoms with Crippen molar-refractivity contribution in [2.75, 3.05) is 0 Å². The van der Waals surface area contributed by atoms with Crippen molar-refractivity contribution in [1.29, 1.82) is 0 Å². The van der Waals surface area contributed by atoms with E-state index in [2.05, 4.69) is 140 Å². The number of hydrogen-bond donors (Lipinski definition) is 0. The van der Waals surface area contributed by atoms with Gasteiger partial charge in [-0.2, -0.15) is 4.98 Å². The lowest BCUT2D eigenvalue weighted by atomic mass is 10.2. The van der Waals surface area contributed by atoms with Crippen LogP contribution in [-0.2, 0) is 14.1 Å². The van der Waals surface area contributed by atoms with Crippen molar-refractivity contribution < 1.29 is 8.83 Å². The van der Waals surface area contributed by atoms with E-state index >= 15 is 0 Å². The minimum absolute atomic E-state index is 0.665. The summed E-state index contributed by atoms with van der Waals surface area (Å²) < 4.78 is 21.0. The molecule has 0 unspecified atom stereocenters. The Morgan fingerprint density at radius 2 is 0.787 bits per heavy atom. The van der Waals surface area contributed by atoms with Crippen molar-refractivity contribution in [3.05, 3.63) is 225 Å². The smallest absolute Gasteiger partial charge is 0.233 e. The number of oxazole rings is 2. The second-order valence-electron chi connectivity index (χ2n) is 21.4. The fourth-order valence-corrected chi connectivity index (χ4v) is 10.8. The van der Waals surface area contributed by atoms with Crippen LogP contribution < -0.4 is 0 Å². The van der Waals surface area contributed by atoms with Gasteiger partial charge in [-0.05, 0) is 195 Å². The Labute approximate surface area is 656 Å². The number of pyridine rings is 4. The monoisotopic (exact) mass is 1510 g/mol. The molecule has 13 aromatic heterocycles. The van der Waals surface area contributed by atoms with Crippen molar-refractivity contribution in [3.63, 3.8) is 0 Å². The molecule has 0 aliphatic heterocycles. The zero-order valence-electron chi connectivity index (χ0n) is 72.6. The van der Waals surface area contributed by atoms with Crippen LogP contribution in [0.5, 0.6) is 0 Å². The van der Waals surface area contributed by atoms with Crippen LogP contribution in [0.2, 0.25) is 0 Å². The molecular weight excluding hydrogens is 1380 g/mol. The van der Waals surface area contributed by atoms with Crippen LogP contribution in [-0.4, -0.2) is 77.7 Å². The molecule has 0 spiro atoms. The Hall–Kier alpha value is -9.92. The molecule has 0 N–H and O–H groups in total. The number of aryl methyl sites for hydroxylation is 16. The van der Waals surface area contributed by atoms with Gasteiger partial charge in [0.05, 0.1) is 36.0 Å². The van der Waals surface area contributed by atoms with Crippen LogP contribution in [0.25, 0.3) is 76.5 Å². The first kappa shape index (κ1) is 100. The Kier molecular flexibility index (Phi) is 52.3. The van der Waals surface area contributed by atoms with Crippen LogP contribution in [0.4, 0.5) is 0 Å². The topological polar surface area (TPSA) is 200 Å². The maximum absolute atomic E-state index is 5.31. The largest absolute Gasteiger partial charge is 0.441 e. The highest BCUT2D eigenvalue weighted by molar-refractivity contribution is 7.18. The summed E-state index contributed by atoms with van der Waals surface area (Å²) in [5, 5.41) is 2.23. The highest BCUT2D eigenvalue weighted by Crippen LogP contribution is 2.23. The van der Waals surface area contributed by atoms with Gasteiger partial charge in [0.15, 0.2) is 39.9 Å². The number of thiazole rings is 2. The third-order valence-corrected chi connectivity index (χ3v) is 15.4. The molecule has 3 aromatic carbocycles. The first-order chi connectivity index (χ1) is 52.1. The van der Waals surface area contributed by atoms with Crippen molar-refractivity contribution in [3.8, 4) is 0 Å². The lowest BCUT2D eigenvalue weighted by Crippen LogP contribution is -1.92. The number of imidazole rings is 4. The van der Waals surface area contributed by atoms with E-state index in [1.165, 1.54) is 42.7 Å². The normalized spacial score (nSPS) is 9.30. The zero-order chi connectivity index (χ0) is 82.8. The van der Waals surface area contributed by atoms with E-state index in [-0.39, 0.29) is 0 Å². The number of rotatable bonds is 0. The van der Waals surface area contributed by atoms with Gasteiger partial charge in [-0.15, -0.1) is 22.7 Å². The zero-order valence-corrected chi connectivity index (χ0v) is 74.3. The Bertz CT molecular complexity index is 4620. The van der Waals surface area contributed by atoms with E-state index < -0.39 is 0 Å². The van der Waals surface area contributed by atoms with E-state index in [1.54, 1.807) is 41.3 Å². The summed E-state index contributed by atoms with van der Waals surface area (Å²) in [6, 6.07) is 32.8. The van der Waals surface area contributed by atoms with Crippen molar-refractivity contribution >= 4 is 99.2 Å². The molecule has 0 saturated carbocycles. The van der Waals surface area contributed by atoms with Crippen molar-refractivity contribution in [1.82, 2.24) is 77.7 Å². The van der Waals surface area contributed by atoms with Crippen molar-refractivity contribution in [2.45, 2.75) is 235 Å². The van der Waals surface area contributed by atoms with Crippen LogP contribution in [0.15, 0.2) is 155 Å². The lowest BCUT2D eigenvalue weighted by Gasteiger charge is -1.95. The lowest BCUT2D eigenvalue weighted by molar-refractivity contribution is 0.560. The maximum atomic E-state index is 5.31. The molecule has 108 heavy (non-hydrogen) atoms. The van der Waals surface area contributed by atoms with E-state index in [0.29, 0.717) is 11.5 Å². The van der Waals surface area contributed by atoms with Crippen LogP contribution in [0, 0.1) is 96.9 Å². The molecule has 0 bridgehead atoms. The van der Waals surface area contributed by atoms with Gasteiger partial charge in [0, 0.05) is 88.9 Å². The predicted molar refractivity (Wildman–Crippen MR) is 470 cm³/mol. The molecule has 588 valence electrons. The molecule has 0 fully saturated rings. The van der Waals surface area contributed by atoms with Gasteiger partial charge < -0.3 is 22.4 Å². The summed E-state index contributed by atoms with van der Waals surface area (Å²) >= 11 is 3.45. The summed E-state index contributed by atoms with van der Waals surface area (Å²) in [6.45, 7) is 68.0. The summed E-state index contributed by atoms with van der Waals surface area (Å²) in [5.41, 5.74) is 19.9. The standard InChI is InChI=1S/C10H12N2.C9H11N3.C9H9NO.C9H9NS.C8H8N2O.C8H8N2S.C8H8N2.C7H7N3.10C2H6/c1-7-4-5-10-9(6-7)11-8(2)12(10)3;1-6-4-5-8-9(10-6)12(3)7(2)11-8;1-6-3-4-9-8(5-6)10-7(2)11-9;1-6-3-4-8-9(5-6)11-7(2)10-8;2*1-5-3-7-8(9-4-5)10-6(2)11-7;1-7-2-4-10-5-3-9-8(10)6-7;1-6-2-4-10-5-3-8-7(10)9-6;10*1-2/h4-6H,1-3H3;4-5H,1-3H3;2*3-5H,1-2H3;2*3-4H,1-2H3;2-6H,1H3;2-5H,1H3;10*1-2H3. The number of benzene rings is 3.